The van der Waals surface area contributed by atoms with Crippen molar-refractivity contribution in [2.24, 2.45) is 11.5 Å². The minimum Gasteiger partial charge on any atom is -0.364 e. The normalized spacial score (nSPS) is 9.75. The van der Waals surface area contributed by atoms with E-state index < -0.39 is 11.8 Å². The van der Waals surface area contributed by atoms with Crippen LogP contribution in [0.1, 0.15) is 25.2 Å². The molecule has 6 heteroatoms. The quantitative estimate of drug-likeness (QED) is 0.658. The minimum absolute atomic E-state index is 0.112. The number of carbonyl (C=O) groups is 2. The van der Waals surface area contributed by atoms with Crippen molar-refractivity contribution in [3.05, 3.63) is 15.6 Å². The molecule has 1 aromatic heterocycles. The van der Waals surface area contributed by atoms with E-state index in [4.69, 9.17) is 11.5 Å². The number of nitrogens with zero attached hydrogens (tertiary/aromatic N) is 1. The summed E-state index contributed by atoms with van der Waals surface area (Å²) < 4.78 is 0. The van der Waals surface area contributed by atoms with Crippen LogP contribution in [-0.2, 0) is 0 Å². The number of nitrogens with two attached hydrogens (primary N) is 2. The van der Waals surface area contributed by atoms with Crippen LogP contribution < -0.4 is 11.5 Å². The summed E-state index contributed by atoms with van der Waals surface area (Å²) in [4.78, 5) is 25.6. The molecule has 5 nitrogen and oxygen atoms in total. The number of hydrogen-bond acceptors (Lipinski definition) is 4. The number of hydrogen-bond donors (Lipinski definition) is 2. The van der Waals surface area contributed by atoms with Crippen molar-refractivity contribution in [1.29, 1.82) is 0 Å². The molecule has 0 aromatic carbocycles. The van der Waals surface area contributed by atoms with E-state index >= 15 is 0 Å². The number of aromatic nitrogens is 1. The molecule has 64 valence electrons. The third-order valence-corrected chi connectivity index (χ3v) is 2.23. The summed E-state index contributed by atoms with van der Waals surface area (Å²) in [5, 5.41) is 0.112. The monoisotopic (exact) mass is 185 g/mol. The van der Waals surface area contributed by atoms with Crippen LogP contribution in [0, 0.1) is 6.92 Å². The summed E-state index contributed by atoms with van der Waals surface area (Å²) in [5.74, 6) is -1.29. The lowest BCUT2D eigenvalue weighted by molar-refractivity contribution is 0.0995. The molecule has 4 N–H and O–H groups in total. The number of primary amides is 2. The summed E-state index contributed by atoms with van der Waals surface area (Å²) in [6.07, 6.45) is 0. The van der Waals surface area contributed by atoms with E-state index in [1.165, 1.54) is 0 Å². The summed E-state index contributed by atoms with van der Waals surface area (Å²) in [5.41, 5.74) is 10.1. The van der Waals surface area contributed by atoms with E-state index in [2.05, 4.69) is 4.98 Å². The van der Waals surface area contributed by atoms with Crippen LogP contribution in [0.15, 0.2) is 0 Å². The molecule has 12 heavy (non-hydrogen) atoms. The van der Waals surface area contributed by atoms with Gasteiger partial charge in [0.05, 0.1) is 0 Å². The molecule has 0 saturated carbocycles. The van der Waals surface area contributed by atoms with Crippen molar-refractivity contribution in [3.63, 3.8) is 0 Å². The topological polar surface area (TPSA) is 99.1 Å². The van der Waals surface area contributed by atoms with Crippen molar-refractivity contribution in [2.75, 3.05) is 0 Å². The largest absolute Gasteiger partial charge is 0.364 e. The molecule has 0 aliphatic heterocycles. The van der Waals surface area contributed by atoms with Gasteiger partial charge in [-0.1, -0.05) is 0 Å². The SMILES string of the molecule is Cc1sc(C(N)=O)nc1C(N)=O. The Morgan fingerprint density at radius 1 is 1.33 bits per heavy atom. The van der Waals surface area contributed by atoms with E-state index in [1.54, 1.807) is 6.92 Å². The molecule has 0 spiro atoms. The zero-order chi connectivity index (χ0) is 9.30. The average molecular weight is 185 g/mol. The van der Waals surface area contributed by atoms with Crippen molar-refractivity contribution in [3.8, 4) is 0 Å². The van der Waals surface area contributed by atoms with Crippen molar-refractivity contribution in [2.45, 2.75) is 6.92 Å². The van der Waals surface area contributed by atoms with Crippen LogP contribution in [0.5, 0.6) is 0 Å². The van der Waals surface area contributed by atoms with Crippen molar-refractivity contribution < 1.29 is 9.59 Å². The first-order chi connectivity index (χ1) is 5.52. The maximum Gasteiger partial charge on any atom is 0.277 e. The fourth-order valence-corrected chi connectivity index (χ4v) is 1.50. The van der Waals surface area contributed by atoms with Crippen LogP contribution in [0.25, 0.3) is 0 Å². The highest BCUT2D eigenvalue weighted by Crippen LogP contribution is 2.15. The van der Waals surface area contributed by atoms with Gasteiger partial charge in [-0.05, 0) is 6.92 Å². The number of rotatable bonds is 2. The van der Waals surface area contributed by atoms with Gasteiger partial charge in [0.25, 0.3) is 11.8 Å². The second-order valence-electron chi connectivity index (χ2n) is 2.15. The third kappa shape index (κ3) is 1.42. The predicted molar refractivity (Wildman–Crippen MR) is 43.9 cm³/mol. The van der Waals surface area contributed by atoms with Crippen LogP contribution in [0.3, 0.4) is 0 Å². The molecular weight excluding hydrogens is 178 g/mol. The maximum absolute atomic E-state index is 10.7. The third-order valence-electron chi connectivity index (χ3n) is 1.24. The van der Waals surface area contributed by atoms with Gasteiger partial charge in [0.2, 0.25) is 0 Å². The first kappa shape index (κ1) is 8.66. The van der Waals surface area contributed by atoms with Crippen LogP contribution >= 0.6 is 11.3 Å². The van der Waals surface area contributed by atoms with E-state index in [9.17, 15) is 9.59 Å². The van der Waals surface area contributed by atoms with Gasteiger partial charge < -0.3 is 11.5 Å². The van der Waals surface area contributed by atoms with Gasteiger partial charge in [0.15, 0.2) is 5.01 Å². The molecule has 2 amide bonds. The van der Waals surface area contributed by atoms with Gasteiger partial charge in [-0.25, -0.2) is 4.98 Å². The molecule has 0 fully saturated rings. The Labute approximate surface area is 72.4 Å². The first-order valence-corrected chi connectivity index (χ1v) is 3.91. The Bertz CT molecular complexity index is 345. The van der Waals surface area contributed by atoms with E-state index in [0.29, 0.717) is 4.88 Å². The summed E-state index contributed by atoms with van der Waals surface area (Å²) in [6, 6.07) is 0. The highest BCUT2D eigenvalue weighted by Gasteiger charge is 2.14. The fourth-order valence-electron chi connectivity index (χ4n) is 0.730. The van der Waals surface area contributed by atoms with Crippen LogP contribution in [0.4, 0.5) is 0 Å². The fraction of sp³-hybridized carbons (Fsp3) is 0.167. The number of carbonyl (C=O) groups excluding carboxylic acids is 2. The zero-order valence-corrected chi connectivity index (χ0v) is 7.14. The molecule has 0 unspecified atom stereocenters. The lowest BCUT2D eigenvalue weighted by Gasteiger charge is -1.86. The molecule has 0 saturated heterocycles. The van der Waals surface area contributed by atoms with Gasteiger partial charge in [0.1, 0.15) is 5.69 Å². The van der Waals surface area contributed by atoms with Gasteiger partial charge in [-0.15, -0.1) is 11.3 Å². The molecule has 0 atom stereocenters. The van der Waals surface area contributed by atoms with Gasteiger partial charge in [-0.3, -0.25) is 9.59 Å². The lowest BCUT2D eigenvalue weighted by atomic mass is 10.4. The predicted octanol–water partition coefficient (Wildman–Crippen LogP) is -0.351. The zero-order valence-electron chi connectivity index (χ0n) is 6.33. The van der Waals surface area contributed by atoms with Crippen LogP contribution in [-0.4, -0.2) is 16.8 Å². The minimum atomic E-state index is -0.643. The molecular formula is C6H7N3O2S. The number of amides is 2. The van der Waals surface area contributed by atoms with Crippen LogP contribution in [0.2, 0.25) is 0 Å². The smallest absolute Gasteiger partial charge is 0.277 e. The molecule has 1 aromatic rings. The highest BCUT2D eigenvalue weighted by atomic mass is 32.1. The first-order valence-electron chi connectivity index (χ1n) is 3.09. The Morgan fingerprint density at radius 3 is 2.17 bits per heavy atom. The Morgan fingerprint density at radius 2 is 1.92 bits per heavy atom. The second-order valence-corrected chi connectivity index (χ2v) is 3.36. The molecule has 0 radical (unpaired) electrons. The van der Waals surface area contributed by atoms with Gasteiger partial charge >= 0.3 is 0 Å². The Hall–Kier alpha value is -1.43. The van der Waals surface area contributed by atoms with Crippen molar-refractivity contribution >= 4 is 23.2 Å². The standard InChI is InChI=1S/C6H7N3O2S/c1-2-3(4(7)10)9-6(12-2)5(8)11/h1H3,(H2,7,10)(H2,8,11). The second kappa shape index (κ2) is 2.90. The molecule has 0 aliphatic carbocycles. The Balaban J connectivity index is 3.17. The average Bonchev–Trinajstić information content (AvgIpc) is 2.30. The van der Waals surface area contributed by atoms with Crippen molar-refractivity contribution in [1.82, 2.24) is 4.98 Å². The maximum atomic E-state index is 10.7. The molecule has 1 heterocycles. The van der Waals surface area contributed by atoms with Gasteiger partial charge in [-0.2, -0.15) is 0 Å². The lowest BCUT2D eigenvalue weighted by Crippen LogP contribution is -2.15. The summed E-state index contributed by atoms with van der Waals surface area (Å²) in [7, 11) is 0. The summed E-state index contributed by atoms with van der Waals surface area (Å²) >= 11 is 1.06. The number of thiazole rings is 1. The molecule has 0 bridgehead atoms. The van der Waals surface area contributed by atoms with Gasteiger partial charge in [0, 0.05) is 4.88 Å². The summed E-state index contributed by atoms with van der Waals surface area (Å²) in [6.45, 7) is 1.66. The Kier molecular flexibility index (Phi) is 2.09. The molecule has 0 aliphatic rings. The van der Waals surface area contributed by atoms with E-state index in [0.717, 1.165) is 11.3 Å². The van der Waals surface area contributed by atoms with E-state index in [-0.39, 0.29) is 10.7 Å². The molecule has 1 rings (SSSR count). The number of aryl methyl sites for hydroxylation is 1. The van der Waals surface area contributed by atoms with E-state index in [1.807, 2.05) is 0 Å². The highest BCUT2D eigenvalue weighted by molar-refractivity contribution is 7.13.